The summed E-state index contributed by atoms with van der Waals surface area (Å²) in [6, 6.07) is 5.30. The highest BCUT2D eigenvalue weighted by Crippen LogP contribution is 2.31. The number of benzene rings is 1. The van der Waals surface area contributed by atoms with E-state index in [0.717, 1.165) is 17.4 Å². The van der Waals surface area contributed by atoms with Crippen LogP contribution in [0.1, 0.15) is 6.42 Å². The van der Waals surface area contributed by atoms with Gasteiger partial charge in [0.15, 0.2) is 9.84 Å². The van der Waals surface area contributed by atoms with E-state index in [1.165, 1.54) is 0 Å². The highest BCUT2D eigenvalue weighted by Gasteiger charge is 2.29. The van der Waals surface area contributed by atoms with Crippen molar-refractivity contribution in [2.45, 2.75) is 17.4 Å². The second-order valence-electron chi connectivity index (χ2n) is 4.16. The smallest absolute Gasteiger partial charge is 0.182 e. The summed E-state index contributed by atoms with van der Waals surface area (Å²) in [5.41, 5.74) is 0.709. The number of sulfone groups is 1. The Morgan fingerprint density at radius 3 is 3.00 bits per heavy atom. The zero-order valence-electron chi connectivity index (χ0n) is 9.53. The molecule has 0 amide bonds. The first kappa shape index (κ1) is 12.9. The van der Waals surface area contributed by atoms with Gasteiger partial charge in [-0.25, -0.2) is 8.42 Å². The average molecular weight is 319 g/mol. The molecule has 94 valence electrons. The molecule has 2 N–H and O–H groups in total. The summed E-state index contributed by atoms with van der Waals surface area (Å²) >= 11 is 3.30. The Bertz CT molecular complexity index is 516. The van der Waals surface area contributed by atoms with E-state index in [1.54, 1.807) is 6.07 Å². The molecule has 0 bridgehead atoms. The molecular weight excluding hydrogens is 304 g/mol. The van der Waals surface area contributed by atoms with Crippen LogP contribution in [0.5, 0.6) is 0 Å². The van der Waals surface area contributed by atoms with Crippen LogP contribution in [0.15, 0.2) is 27.6 Å². The summed E-state index contributed by atoms with van der Waals surface area (Å²) in [6.07, 6.45) is 0.797. The van der Waals surface area contributed by atoms with E-state index in [2.05, 4.69) is 26.6 Å². The molecule has 17 heavy (non-hydrogen) atoms. The first-order chi connectivity index (χ1) is 8.03. The molecule has 0 saturated heterocycles. The fourth-order valence-electron chi connectivity index (χ4n) is 1.96. The second kappa shape index (κ2) is 4.96. The van der Waals surface area contributed by atoms with Gasteiger partial charge in [-0.1, -0.05) is 15.9 Å². The Hall–Kier alpha value is -0.590. The molecule has 1 aliphatic heterocycles. The monoisotopic (exact) mass is 318 g/mol. The van der Waals surface area contributed by atoms with E-state index >= 15 is 0 Å². The molecule has 0 aromatic heterocycles. The van der Waals surface area contributed by atoms with Crippen molar-refractivity contribution < 1.29 is 8.42 Å². The molecule has 0 saturated carbocycles. The number of fused-ring (bicyclic) bond motifs is 1. The summed E-state index contributed by atoms with van der Waals surface area (Å²) in [5, 5.41) is 6.31. The minimum atomic E-state index is -3.16. The molecule has 2 rings (SSSR count). The quantitative estimate of drug-likeness (QED) is 0.889. The molecule has 0 spiro atoms. The van der Waals surface area contributed by atoms with Crippen molar-refractivity contribution in [2.75, 3.05) is 24.7 Å². The maximum atomic E-state index is 12.1. The van der Waals surface area contributed by atoms with Gasteiger partial charge in [0.1, 0.15) is 0 Å². The highest BCUT2D eigenvalue weighted by atomic mass is 79.9. The van der Waals surface area contributed by atoms with Crippen molar-refractivity contribution >= 4 is 31.5 Å². The Kier molecular flexibility index (Phi) is 3.75. The third-order valence-electron chi connectivity index (χ3n) is 2.80. The Balaban J connectivity index is 2.31. The minimum Gasteiger partial charge on any atom is -0.380 e. The van der Waals surface area contributed by atoms with Crippen LogP contribution in [0.2, 0.25) is 0 Å². The van der Waals surface area contributed by atoms with Crippen LogP contribution in [0.25, 0.3) is 0 Å². The Morgan fingerprint density at radius 1 is 1.53 bits per heavy atom. The molecule has 1 unspecified atom stereocenters. The van der Waals surface area contributed by atoms with Crippen molar-refractivity contribution in [1.29, 1.82) is 0 Å². The molecule has 1 atom stereocenters. The summed E-state index contributed by atoms with van der Waals surface area (Å²) in [4.78, 5) is 0.396. The number of nitrogens with one attached hydrogen (secondary N) is 2. The molecule has 1 aliphatic rings. The molecule has 1 heterocycles. The van der Waals surface area contributed by atoms with E-state index in [9.17, 15) is 8.42 Å². The van der Waals surface area contributed by atoms with Crippen LogP contribution < -0.4 is 10.6 Å². The maximum absolute atomic E-state index is 12.1. The van der Waals surface area contributed by atoms with Crippen LogP contribution in [0, 0.1) is 0 Å². The summed E-state index contributed by atoms with van der Waals surface area (Å²) in [5.74, 6) is 0.165. The van der Waals surface area contributed by atoms with Gasteiger partial charge in [0.05, 0.1) is 16.3 Å². The van der Waals surface area contributed by atoms with E-state index in [0.29, 0.717) is 10.6 Å². The normalized spacial score (nSPS) is 21.6. The lowest BCUT2D eigenvalue weighted by Crippen LogP contribution is -2.36. The van der Waals surface area contributed by atoms with Crippen molar-refractivity contribution in [2.24, 2.45) is 0 Å². The Labute approximate surface area is 110 Å². The van der Waals surface area contributed by atoms with E-state index in [-0.39, 0.29) is 11.8 Å². The first-order valence-corrected chi connectivity index (χ1v) is 7.91. The summed E-state index contributed by atoms with van der Waals surface area (Å²) < 4.78 is 25.0. The lowest BCUT2D eigenvalue weighted by atomic mass is 10.2. The number of hydrogen-bond donors (Lipinski definition) is 2. The summed E-state index contributed by atoms with van der Waals surface area (Å²) in [7, 11) is -1.30. The van der Waals surface area contributed by atoms with Gasteiger partial charge in [0.2, 0.25) is 0 Å². The van der Waals surface area contributed by atoms with Crippen molar-refractivity contribution in [3.05, 3.63) is 22.7 Å². The van der Waals surface area contributed by atoms with Gasteiger partial charge >= 0.3 is 0 Å². The van der Waals surface area contributed by atoms with E-state index in [4.69, 9.17) is 0 Å². The molecule has 6 heteroatoms. The van der Waals surface area contributed by atoms with Crippen LogP contribution >= 0.6 is 15.9 Å². The fraction of sp³-hybridized carbons (Fsp3) is 0.455. The number of halogens is 1. The third kappa shape index (κ3) is 2.81. The molecule has 0 aliphatic carbocycles. The van der Waals surface area contributed by atoms with Crippen molar-refractivity contribution in [3.63, 3.8) is 0 Å². The number of rotatable bonds is 3. The zero-order chi connectivity index (χ0) is 12.5. The molecule has 1 aromatic rings. The topological polar surface area (TPSA) is 58.2 Å². The lowest BCUT2D eigenvalue weighted by Gasteiger charge is -2.27. The number of hydrogen-bond acceptors (Lipinski definition) is 4. The maximum Gasteiger partial charge on any atom is 0.182 e. The minimum absolute atomic E-state index is 0.0128. The molecular formula is C11H15BrN2O2S. The molecule has 0 radical (unpaired) electrons. The zero-order valence-corrected chi connectivity index (χ0v) is 11.9. The third-order valence-corrected chi connectivity index (χ3v) is 5.14. The second-order valence-corrected chi connectivity index (χ2v) is 7.07. The van der Waals surface area contributed by atoms with Gasteiger partial charge in [-0.2, -0.15) is 0 Å². The van der Waals surface area contributed by atoms with Crippen LogP contribution in [0.4, 0.5) is 5.69 Å². The number of anilines is 1. The van der Waals surface area contributed by atoms with Gasteiger partial charge < -0.3 is 10.6 Å². The average Bonchev–Trinajstić information content (AvgIpc) is 2.27. The molecule has 1 aromatic carbocycles. The van der Waals surface area contributed by atoms with Crippen molar-refractivity contribution in [1.82, 2.24) is 5.32 Å². The largest absolute Gasteiger partial charge is 0.380 e. The van der Waals surface area contributed by atoms with Crippen molar-refractivity contribution in [3.8, 4) is 0 Å². The van der Waals surface area contributed by atoms with Gasteiger partial charge in [-0.05, 0) is 38.2 Å². The van der Waals surface area contributed by atoms with Gasteiger partial charge in [-0.3, -0.25) is 0 Å². The molecule has 0 fully saturated rings. The Morgan fingerprint density at radius 2 is 2.29 bits per heavy atom. The first-order valence-electron chi connectivity index (χ1n) is 5.46. The predicted molar refractivity (Wildman–Crippen MR) is 72.1 cm³/mol. The lowest BCUT2D eigenvalue weighted by molar-refractivity contribution is 0.575. The van der Waals surface area contributed by atoms with Crippen LogP contribution in [-0.2, 0) is 9.84 Å². The van der Waals surface area contributed by atoms with Gasteiger partial charge in [0, 0.05) is 10.5 Å². The van der Waals surface area contributed by atoms with Crippen LogP contribution in [-0.4, -0.2) is 33.8 Å². The summed E-state index contributed by atoms with van der Waals surface area (Å²) in [6.45, 7) is 0.805. The molecule has 4 nitrogen and oxygen atoms in total. The van der Waals surface area contributed by atoms with Crippen LogP contribution in [0.3, 0.4) is 0 Å². The predicted octanol–water partition coefficient (Wildman–Crippen LogP) is 1.63. The SMILES string of the molecule is CNCCC1CS(=O)(=O)c2cc(Br)ccc2N1. The van der Waals surface area contributed by atoms with Gasteiger partial charge in [-0.15, -0.1) is 0 Å². The van der Waals surface area contributed by atoms with E-state index < -0.39 is 9.84 Å². The van der Waals surface area contributed by atoms with Gasteiger partial charge in [0.25, 0.3) is 0 Å². The highest BCUT2D eigenvalue weighted by molar-refractivity contribution is 9.10. The van der Waals surface area contributed by atoms with E-state index in [1.807, 2.05) is 19.2 Å². The standard InChI is InChI=1S/C11H15BrN2O2S/c1-13-5-4-9-7-17(15,16)11-6-8(12)2-3-10(11)14-9/h2-3,6,9,13-14H,4-5,7H2,1H3. The fourth-order valence-corrected chi connectivity index (χ4v) is 4.20.